The van der Waals surface area contributed by atoms with E-state index in [4.69, 9.17) is 9.47 Å². The molecule has 0 aromatic heterocycles. The van der Waals surface area contributed by atoms with Crippen molar-refractivity contribution >= 4 is 12.0 Å². The van der Waals surface area contributed by atoms with Gasteiger partial charge in [0.25, 0.3) is 0 Å². The van der Waals surface area contributed by atoms with Crippen molar-refractivity contribution in [1.82, 2.24) is 0 Å². The fourth-order valence-electron chi connectivity index (χ4n) is 5.83. The maximum absolute atomic E-state index is 14.9. The van der Waals surface area contributed by atoms with Gasteiger partial charge in [0.2, 0.25) is 0 Å². The van der Waals surface area contributed by atoms with Crippen LogP contribution in [0.5, 0.6) is 11.5 Å². The number of fused-ring (bicyclic) bond motifs is 1. The number of aliphatic carboxylic acids is 1. The van der Waals surface area contributed by atoms with Gasteiger partial charge in [-0.25, -0.2) is 4.39 Å². The average molecular weight is 515 g/mol. The maximum Gasteiger partial charge on any atom is 0.303 e. The monoisotopic (exact) mass is 514 g/mol. The predicted octanol–water partition coefficient (Wildman–Crippen LogP) is 8.18. The van der Waals surface area contributed by atoms with Crippen molar-refractivity contribution in [1.29, 1.82) is 0 Å². The van der Waals surface area contributed by atoms with Gasteiger partial charge in [-0.1, -0.05) is 49.6 Å². The van der Waals surface area contributed by atoms with Crippen LogP contribution in [0.3, 0.4) is 0 Å². The molecule has 1 atom stereocenters. The number of carboxylic acids is 1. The molecule has 2 aliphatic carbocycles. The summed E-state index contributed by atoms with van der Waals surface area (Å²) in [5.74, 6) is 0.903. The number of ether oxygens (including phenoxy) is 2. The molecule has 1 saturated carbocycles. The Labute approximate surface area is 224 Å². The molecular weight excluding hydrogens is 479 g/mol. The van der Waals surface area contributed by atoms with Gasteiger partial charge in [-0.05, 0) is 102 Å². The number of rotatable bonds is 9. The van der Waals surface area contributed by atoms with E-state index in [0.717, 1.165) is 40.8 Å². The number of methoxy groups -OCH3 is 1. The number of halogens is 1. The van der Waals surface area contributed by atoms with Crippen LogP contribution in [0.1, 0.15) is 73.1 Å². The predicted molar refractivity (Wildman–Crippen MR) is 148 cm³/mol. The van der Waals surface area contributed by atoms with Crippen LogP contribution in [0.15, 0.2) is 60.7 Å². The Morgan fingerprint density at radius 2 is 1.79 bits per heavy atom. The minimum absolute atomic E-state index is 0.0413. The zero-order valence-corrected chi connectivity index (χ0v) is 21.9. The minimum Gasteiger partial charge on any atom is -0.497 e. The summed E-state index contributed by atoms with van der Waals surface area (Å²) in [5, 5.41) is 9.26. The normalized spacial score (nSPS) is 17.5. The average Bonchev–Trinajstić information content (AvgIpc) is 3.33. The van der Waals surface area contributed by atoms with Gasteiger partial charge in [0.1, 0.15) is 23.9 Å². The van der Waals surface area contributed by atoms with E-state index in [-0.39, 0.29) is 18.2 Å². The van der Waals surface area contributed by atoms with Crippen molar-refractivity contribution in [2.45, 2.75) is 63.9 Å². The molecule has 5 rings (SSSR count). The fourth-order valence-corrected chi connectivity index (χ4v) is 5.83. The molecule has 0 aliphatic heterocycles. The number of aryl methyl sites for hydroxylation is 1. The molecule has 1 fully saturated rings. The van der Waals surface area contributed by atoms with Crippen LogP contribution in [-0.2, 0) is 17.8 Å². The van der Waals surface area contributed by atoms with Gasteiger partial charge in [-0.2, -0.15) is 0 Å². The second-order valence-corrected chi connectivity index (χ2v) is 10.5. The van der Waals surface area contributed by atoms with Gasteiger partial charge < -0.3 is 14.6 Å². The quantitative estimate of drug-likeness (QED) is 0.313. The first kappa shape index (κ1) is 26.0. The van der Waals surface area contributed by atoms with Crippen molar-refractivity contribution in [3.05, 3.63) is 88.7 Å². The molecular formula is C33H35FO4. The smallest absolute Gasteiger partial charge is 0.303 e. The third-order valence-corrected chi connectivity index (χ3v) is 7.92. The first-order valence-electron chi connectivity index (χ1n) is 13.6. The first-order valence-corrected chi connectivity index (χ1v) is 13.6. The highest BCUT2D eigenvalue weighted by molar-refractivity contribution is 5.77. The summed E-state index contributed by atoms with van der Waals surface area (Å²) >= 11 is 0. The Hall–Kier alpha value is -3.60. The highest BCUT2D eigenvalue weighted by Gasteiger charge is 2.25. The van der Waals surface area contributed by atoms with Crippen LogP contribution in [0.25, 0.3) is 17.2 Å². The summed E-state index contributed by atoms with van der Waals surface area (Å²) < 4.78 is 26.4. The summed E-state index contributed by atoms with van der Waals surface area (Å²) in [7, 11) is 1.59. The standard InChI is InChI=1S/C33H35FO4/c1-37-27-14-16-32(34)31(19-27)29-15-8-23(17-25(29)9-7-22-5-3-2-4-6-22)21-38-28-13-12-24-10-11-26(18-33(35)36)30(24)20-28/h7-9,12-17,19-20,22,26H,2-6,10-11,18,21H2,1H3,(H,35,36)/t26-/m1/s1. The van der Waals surface area contributed by atoms with Crippen LogP contribution in [0, 0.1) is 11.7 Å². The summed E-state index contributed by atoms with van der Waals surface area (Å²) in [6, 6.07) is 16.9. The van der Waals surface area contributed by atoms with Gasteiger partial charge >= 0.3 is 5.97 Å². The third-order valence-electron chi connectivity index (χ3n) is 7.92. The summed E-state index contributed by atoms with van der Waals surface area (Å²) in [5.41, 5.74) is 5.59. The SMILES string of the molecule is COc1ccc(F)c(-c2ccc(COc3ccc4c(c3)[C@@H](CC(=O)O)CC4)cc2C=CC2CCCCC2)c1. The van der Waals surface area contributed by atoms with Crippen LogP contribution < -0.4 is 9.47 Å². The lowest BCUT2D eigenvalue weighted by atomic mass is 9.88. The molecule has 0 spiro atoms. The van der Waals surface area contributed by atoms with Crippen molar-refractivity contribution < 1.29 is 23.8 Å². The highest BCUT2D eigenvalue weighted by Crippen LogP contribution is 2.38. The van der Waals surface area contributed by atoms with Crippen LogP contribution in [-0.4, -0.2) is 18.2 Å². The zero-order valence-electron chi connectivity index (χ0n) is 21.9. The molecule has 5 heteroatoms. The zero-order chi connectivity index (χ0) is 26.5. The van der Waals surface area contributed by atoms with Crippen molar-refractivity contribution in [3.63, 3.8) is 0 Å². The van der Waals surface area contributed by atoms with Crippen molar-refractivity contribution in [3.8, 4) is 22.6 Å². The number of benzene rings is 3. The molecule has 0 saturated heterocycles. The fraction of sp³-hybridized carbons (Fsp3) is 0.364. The third kappa shape index (κ3) is 6.09. The Morgan fingerprint density at radius 1 is 0.974 bits per heavy atom. The molecule has 0 amide bonds. The molecule has 4 nitrogen and oxygen atoms in total. The number of carboxylic acid groups (broad SMARTS) is 1. The van der Waals surface area contributed by atoms with E-state index in [2.05, 4.69) is 24.3 Å². The van der Waals surface area contributed by atoms with E-state index >= 15 is 0 Å². The molecule has 0 heterocycles. The van der Waals surface area contributed by atoms with Crippen LogP contribution in [0.2, 0.25) is 0 Å². The molecule has 3 aromatic rings. The summed E-state index contributed by atoms with van der Waals surface area (Å²) in [6.07, 6.45) is 12.6. The highest BCUT2D eigenvalue weighted by atomic mass is 19.1. The van der Waals surface area contributed by atoms with Gasteiger partial charge in [0.05, 0.1) is 13.5 Å². The van der Waals surface area contributed by atoms with Gasteiger partial charge in [0.15, 0.2) is 0 Å². The van der Waals surface area contributed by atoms with Crippen LogP contribution in [0.4, 0.5) is 4.39 Å². The lowest BCUT2D eigenvalue weighted by Gasteiger charge is -2.18. The molecule has 0 bridgehead atoms. The van der Waals surface area contributed by atoms with E-state index in [1.54, 1.807) is 19.2 Å². The second kappa shape index (κ2) is 11.8. The molecule has 1 N–H and O–H groups in total. The minimum atomic E-state index is -0.768. The molecule has 3 aromatic carbocycles. The molecule has 38 heavy (non-hydrogen) atoms. The number of hydrogen-bond acceptors (Lipinski definition) is 3. The van der Waals surface area contributed by atoms with E-state index < -0.39 is 5.97 Å². The second-order valence-electron chi connectivity index (χ2n) is 10.5. The van der Waals surface area contributed by atoms with Gasteiger partial charge in [0, 0.05) is 5.56 Å². The molecule has 198 valence electrons. The van der Waals surface area contributed by atoms with Crippen molar-refractivity contribution in [2.24, 2.45) is 5.92 Å². The number of hydrogen-bond donors (Lipinski definition) is 1. The largest absolute Gasteiger partial charge is 0.497 e. The van der Waals surface area contributed by atoms with Crippen molar-refractivity contribution in [2.75, 3.05) is 7.11 Å². The molecule has 0 radical (unpaired) electrons. The Bertz CT molecular complexity index is 1320. The Kier molecular flexibility index (Phi) is 8.11. The van der Waals surface area contributed by atoms with E-state index in [1.165, 1.54) is 43.7 Å². The van der Waals surface area contributed by atoms with E-state index in [1.807, 2.05) is 24.3 Å². The Morgan fingerprint density at radius 3 is 2.58 bits per heavy atom. The van der Waals surface area contributed by atoms with Gasteiger partial charge in [-0.15, -0.1) is 0 Å². The topological polar surface area (TPSA) is 55.8 Å². The summed E-state index contributed by atoms with van der Waals surface area (Å²) in [4.78, 5) is 11.3. The van der Waals surface area contributed by atoms with E-state index in [9.17, 15) is 14.3 Å². The molecule has 0 unspecified atom stereocenters. The van der Waals surface area contributed by atoms with Crippen LogP contribution >= 0.6 is 0 Å². The number of carbonyl (C=O) groups is 1. The lowest BCUT2D eigenvalue weighted by molar-refractivity contribution is -0.137. The lowest BCUT2D eigenvalue weighted by Crippen LogP contribution is -2.04. The molecule has 2 aliphatic rings. The number of allylic oxidation sites excluding steroid dienone is 1. The maximum atomic E-state index is 14.9. The summed E-state index contributed by atoms with van der Waals surface area (Å²) in [6.45, 7) is 0.369. The van der Waals surface area contributed by atoms with E-state index in [0.29, 0.717) is 23.8 Å². The van der Waals surface area contributed by atoms with Gasteiger partial charge in [-0.3, -0.25) is 4.79 Å². The first-order chi connectivity index (χ1) is 18.5. The Balaban J connectivity index is 1.40.